The molecule has 0 spiro atoms. The summed E-state index contributed by atoms with van der Waals surface area (Å²) in [5, 5.41) is 11.7. The number of carbonyl (C=O) groups is 1. The Morgan fingerprint density at radius 2 is 2.21 bits per heavy atom. The minimum absolute atomic E-state index is 0.442. The summed E-state index contributed by atoms with van der Waals surface area (Å²) in [6.45, 7) is 1.67. The van der Waals surface area contributed by atoms with Crippen LogP contribution in [-0.2, 0) is 4.79 Å². The number of rotatable bonds is 3. The van der Waals surface area contributed by atoms with E-state index in [9.17, 15) is 4.79 Å². The third-order valence-corrected chi connectivity index (χ3v) is 2.93. The van der Waals surface area contributed by atoms with E-state index in [1.165, 1.54) is 0 Å². The molecule has 7 nitrogen and oxygen atoms in total. The second kappa shape index (κ2) is 4.20. The van der Waals surface area contributed by atoms with Crippen molar-refractivity contribution in [2.24, 2.45) is 5.73 Å². The number of nitrogens with one attached hydrogen (secondary N) is 1. The van der Waals surface area contributed by atoms with E-state index in [1.807, 2.05) is 24.3 Å². The van der Waals surface area contributed by atoms with Crippen molar-refractivity contribution in [1.29, 1.82) is 0 Å². The summed E-state index contributed by atoms with van der Waals surface area (Å²) in [5.41, 5.74) is 6.87. The first-order chi connectivity index (χ1) is 9.16. The van der Waals surface area contributed by atoms with Crippen molar-refractivity contribution >= 4 is 28.3 Å². The van der Waals surface area contributed by atoms with Crippen LogP contribution in [0.5, 0.6) is 0 Å². The van der Waals surface area contributed by atoms with Crippen LogP contribution in [0.4, 0.5) is 5.95 Å². The molecular weight excluding hydrogens is 244 g/mol. The van der Waals surface area contributed by atoms with Gasteiger partial charge >= 0.3 is 0 Å². The molecule has 96 valence electrons. The predicted molar refractivity (Wildman–Crippen MR) is 70.6 cm³/mol. The lowest BCUT2D eigenvalue weighted by Crippen LogP contribution is -2.33. The van der Waals surface area contributed by atoms with Gasteiger partial charge in [-0.2, -0.15) is 4.52 Å². The molecule has 1 amide bonds. The van der Waals surface area contributed by atoms with Crippen molar-refractivity contribution in [2.75, 3.05) is 5.32 Å². The van der Waals surface area contributed by atoms with Gasteiger partial charge in [-0.3, -0.25) is 4.79 Å². The maximum Gasteiger partial charge on any atom is 0.239 e. The van der Waals surface area contributed by atoms with E-state index >= 15 is 0 Å². The van der Waals surface area contributed by atoms with E-state index in [-0.39, 0.29) is 0 Å². The number of carbonyl (C=O) groups excluding carboxylic acids is 1. The Labute approximate surface area is 108 Å². The van der Waals surface area contributed by atoms with Crippen molar-refractivity contribution in [3.63, 3.8) is 0 Å². The first-order valence-corrected chi connectivity index (χ1v) is 5.82. The van der Waals surface area contributed by atoms with Crippen molar-refractivity contribution < 1.29 is 4.79 Å². The highest BCUT2D eigenvalue weighted by molar-refractivity contribution is 5.94. The van der Waals surface area contributed by atoms with Gasteiger partial charge < -0.3 is 11.1 Å². The first-order valence-electron chi connectivity index (χ1n) is 5.82. The lowest BCUT2D eigenvalue weighted by molar-refractivity contribution is -0.118. The number of hydrogen-bond donors (Lipinski definition) is 2. The quantitative estimate of drug-likeness (QED) is 0.713. The molecule has 3 aromatic rings. The van der Waals surface area contributed by atoms with Gasteiger partial charge in [-0.15, -0.1) is 5.10 Å². The Kier molecular flexibility index (Phi) is 2.52. The monoisotopic (exact) mass is 256 g/mol. The van der Waals surface area contributed by atoms with E-state index in [2.05, 4.69) is 20.6 Å². The average molecular weight is 256 g/mol. The Balaban J connectivity index is 2.22. The van der Waals surface area contributed by atoms with Crippen LogP contribution in [0.15, 0.2) is 30.5 Å². The normalized spacial score (nSPS) is 12.7. The van der Waals surface area contributed by atoms with Gasteiger partial charge in [0.25, 0.3) is 0 Å². The number of aromatic nitrogens is 4. The summed E-state index contributed by atoms with van der Waals surface area (Å²) in [6.07, 6.45) is 1.66. The highest BCUT2D eigenvalue weighted by atomic mass is 16.1. The van der Waals surface area contributed by atoms with Gasteiger partial charge in [-0.1, -0.05) is 23.4 Å². The van der Waals surface area contributed by atoms with Crippen molar-refractivity contribution in [1.82, 2.24) is 19.8 Å². The van der Waals surface area contributed by atoms with Crippen LogP contribution in [0.1, 0.15) is 6.92 Å². The molecule has 0 fully saturated rings. The van der Waals surface area contributed by atoms with Gasteiger partial charge in [0.05, 0.1) is 17.2 Å². The molecule has 2 aromatic heterocycles. The molecule has 3 rings (SSSR count). The molecule has 1 aromatic carbocycles. The first kappa shape index (κ1) is 11.4. The summed E-state index contributed by atoms with van der Waals surface area (Å²) in [6, 6.07) is 7.12. The summed E-state index contributed by atoms with van der Waals surface area (Å²) in [5.74, 6) is -0.0132. The fraction of sp³-hybridized carbons (Fsp3) is 0.167. The Bertz CT molecular complexity index is 765. The minimum Gasteiger partial charge on any atom is -0.368 e. The van der Waals surface area contributed by atoms with Crippen LogP contribution < -0.4 is 11.1 Å². The summed E-state index contributed by atoms with van der Waals surface area (Å²) < 4.78 is 1.56. The van der Waals surface area contributed by atoms with Crippen LogP contribution in [0.2, 0.25) is 0 Å². The molecule has 1 atom stereocenters. The molecule has 0 aliphatic carbocycles. The Morgan fingerprint density at radius 1 is 1.42 bits per heavy atom. The SMILES string of the molecule is C[C@@H](Nc1nc2ccccc2c2cnnn12)C(N)=O. The number of para-hydroxylation sites is 1. The zero-order valence-electron chi connectivity index (χ0n) is 10.2. The highest BCUT2D eigenvalue weighted by Crippen LogP contribution is 2.20. The van der Waals surface area contributed by atoms with Crippen LogP contribution in [0.3, 0.4) is 0 Å². The van der Waals surface area contributed by atoms with Crippen LogP contribution >= 0.6 is 0 Å². The summed E-state index contributed by atoms with van der Waals surface area (Å²) >= 11 is 0. The number of benzene rings is 1. The fourth-order valence-electron chi connectivity index (χ4n) is 1.88. The molecule has 0 unspecified atom stereocenters. The number of hydrogen-bond acceptors (Lipinski definition) is 5. The molecule has 0 aliphatic heterocycles. The minimum atomic E-state index is -0.541. The van der Waals surface area contributed by atoms with Gasteiger partial charge in [-0.25, -0.2) is 4.98 Å². The maximum absolute atomic E-state index is 11.1. The average Bonchev–Trinajstić information content (AvgIpc) is 2.88. The smallest absolute Gasteiger partial charge is 0.239 e. The zero-order valence-corrected chi connectivity index (χ0v) is 10.2. The molecule has 0 saturated heterocycles. The zero-order chi connectivity index (χ0) is 13.4. The van der Waals surface area contributed by atoms with Crippen molar-refractivity contribution in [2.45, 2.75) is 13.0 Å². The molecule has 7 heteroatoms. The summed E-state index contributed by atoms with van der Waals surface area (Å²) in [7, 11) is 0. The second-order valence-corrected chi connectivity index (χ2v) is 4.25. The second-order valence-electron chi connectivity index (χ2n) is 4.25. The fourth-order valence-corrected chi connectivity index (χ4v) is 1.88. The van der Waals surface area contributed by atoms with Gasteiger partial charge in [-0.05, 0) is 13.0 Å². The largest absolute Gasteiger partial charge is 0.368 e. The van der Waals surface area contributed by atoms with Crippen molar-refractivity contribution in [3.05, 3.63) is 30.5 Å². The number of fused-ring (bicyclic) bond motifs is 3. The Hall–Kier alpha value is -2.70. The van der Waals surface area contributed by atoms with E-state index < -0.39 is 11.9 Å². The highest BCUT2D eigenvalue weighted by Gasteiger charge is 2.14. The molecule has 0 bridgehead atoms. The predicted octanol–water partition coefficient (Wildman–Crippen LogP) is 0.563. The lowest BCUT2D eigenvalue weighted by Gasteiger charge is -2.12. The summed E-state index contributed by atoms with van der Waals surface area (Å²) in [4.78, 5) is 15.6. The number of primary amides is 1. The number of nitrogens with zero attached hydrogens (tertiary/aromatic N) is 4. The van der Waals surface area contributed by atoms with E-state index in [0.717, 1.165) is 16.4 Å². The van der Waals surface area contributed by atoms with Gasteiger partial charge in [0.1, 0.15) is 6.04 Å². The molecule has 3 N–H and O–H groups in total. The van der Waals surface area contributed by atoms with Gasteiger partial charge in [0.15, 0.2) is 0 Å². The topological polar surface area (TPSA) is 98.2 Å². The lowest BCUT2D eigenvalue weighted by atomic mass is 10.2. The molecule has 0 aliphatic rings. The number of anilines is 1. The molecule has 19 heavy (non-hydrogen) atoms. The van der Waals surface area contributed by atoms with Crippen LogP contribution in [0, 0.1) is 0 Å². The molecular formula is C12H12N6O. The molecule has 0 saturated carbocycles. The van der Waals surface area contributed by atoms with Gasteiger partial charge in [0, 0.05) is 5.39 Å². The standard InChI is InChI=1S/C12H12N6O/c1-7(11(13)19)15-12-16-9-5-3-2-4-8(9)10-6-14-17-18(10)12/h2-7H,1H3,(H2,13,19)(H,15,16)/t7-/m1/s1. The van der Waals surface area contributed by atoms with Crippen molar-refractivity contribution in [3.8, 4) is 0 Å². The van der Waals surface area contributed by atoms with E-state index in [1.54, 1.807) is 17.6 Å². The van der Waals surface area contributed by atoms with Crippen LogP contribution in [-0.4, -0.2) is 31.8 Å². The Morgan fingerprint density at radius 3 is 3.00 bits per heavy atom. The van der Waals surface area contributed by atoms with Gasteiger partial charge in [0.2, 0.25) is 11.9 Å². The van der Waals surface area contributed by atoms with E-state index in [4.69, 9.17) is 5.73 Å². The molecule has 2 heterocycles. The third kappa shape index (κ3) is 1.85. The van der Waals surface area contributed by atoms with Crippen LogP contribution in [0.25, 0.3) is 16.4 Å². The number of amides is 1. The molecule has 0 radical (unpaired) electrons. The number of nitrogens with two attached hydrogens (primary N) is 1. The maximum atomic E-state index is 11.1. The third-order valence-electron chi connectivity index (χ3n) is 2.93. The van der Waals surface area contributed by atoms with E-state index in [0.29, 0.717) is 5.95 Å².